The van der Waals surface area contributed by atoms with Gasteiger partial charge >= 0.3 is 0 Å². The van der Waals surface area contributed by atoms with Gasteiger partial charge in [-0.3, -0.25) is 0 Å². The minimum atomic E-state index is 0.449. The summed E-state index contributed by atoms with van der Waals surface area (Å²) in [5.41, 5.74) is 17.5. The van der Waals surface area contributed by atoms with Crippen LogP contribution in [0, 0.1) is 25.7 Å². The minimum absolute atomic E-state index is 0.449. The first-order valence-electron chi connectivity index (χ1n) is 19.3. The lowest BCUT2D eigenvalue weighted by atomic mass is 9.92. The maximum absolute atomic E-state index is 2.41. The Balaban J connectivity index is 1.03. The first-order chi connectivity index (χ1) is 26.2. The number of nitrogens with zero attached hydrogens (tertiary/aromatic N) is 2. The maximum Gasteiger partial charge on any atom is 0.0458 e. The molecule has 0 amide bonds. The number of rotatable bonds is 10. The van der Waals surface area contributed by atoms with Crippen LogP contribution in [-0.2, 0) is 0 Å². The molecule has 0 N–H and O–H groups in total. The second-order valence-electron chi connectivity index (χ2n) is 15.3. The largest absolute Gasteiger partial charge is 0.314 e. The molecular formula is C52H52N2. The van der Waals surface area contributed by atoms with Crippen LogP contribution in [0.4, 0.5) is 22.7 Å². The monoisotopic (exact) mass is 704 g/mol. The van der Waals surface area contributed by atoms with E-state index in [9.17, 15) is 0 Å². The Morgan fingerprint density at radius 3 is 0.907 bits per heavy atom. The highest BCUT2D eigenvalue weighted by atomic mass is 15.2. The van der Waals surface area contributed by atoms with Crippen LogP contribution in [0.1, 0.15) is 73.9 Å². The summed E-state index contributed by atoms with van der Waals surface area (Å²) >= 11 is 0. The summed E-state index contributed by atoms with van der Waals surface area (Å²) in [6, 6.07) is 44.3. The third-order valence-electron chi connectivity index (χ3n) is 10.6. The second-order valence-corrected chi connectivity index (χ2v) is 15.3. The average molecular weight is 705 g/mol. The van der Waals surface area contributed by atoms with Gasteiger partial charge in [-0.05, 0) is 123 Å². The maximum atomic E-state index is 2.41. The van der Waals surface area contributed by atoms with Crippen molar-refractivity contribution in [3.63, 3.8) is 0 Å². The van der Waals surface area contributed by atoms with Gasteiger partial charge in [0, 0.05) is 46.0 Å². The summed E-state index contributed by atoms with van der Waals surface area (Å²) in [6.45, 7) is 13.4. The van der Waals surface area contributed by atoms with Crippen molar-refractivity contribution < 1.29 is 0 Å². The molecule has 0 heterocycles. The summed E-state index contributed by atoms with van der Waals surface area (Å²) < 4.78 is 0. The Morgan fingerprint density at radius 1 is 0.370 bits per heavy atom. The van der Waals surface area contributed by atoms with Gasteiger partial charge in [-0.2, -0.15) is 0 Å². The minimum Gasteiger partial charge on any atom is -0.314 e. The number of hydrogen-bond acceptors (Lipinski definition) is 2. The fourth-order valence-corrected chi connectivity index (χ4v) is 7.54. The van der Waals surface area contributed by atoms with E-state index < -0.39 is 0 Å². The van der Waals surface area contributed by atoms with Crippen LogP contribution in [-0.4, -0.2) is 0 Å². The van der Waals surface area contributed by atoms with Gasteiger partial charge in [0.05, 0.1) is 0 Å². The highest BCUT2D eigenvalue weighted by Gasteiger charge is 2.23. The summed E-state index contributed by atoms with van der Waals surface area (Å²) in [6.07, 6.45) is 20.1. The molecule has 0 fully saturated rings. The van der Waals surface area contributed by atoms with E-state index in [1.54, 1.807) is 0 Å². The third-order valence-corrected chi connectivity index (χ3v) is 10.6. The molecule has 0 spiro atoms. The molecule has 54 heavy (non-hydrogen) atoms. The molecule has 2 aliphatic rings. The molecule has 0 bridgehead atoms. The van der Waals surface area contributed by atoms with Gasteiger partial charge in [-0.15, -0.1) is 0 Å². The van der Waals surface area contributed by atoms with Crippen LogP contribution in [0.2, 0.25) is 0 Å². The van der Waals surface area contributed by atoms with Crippen molar-refractivity contribution in [1.82, 2.24) is 0 Å². The van der Waals surface area contributed by atoms with Crippen LogP contribution in [0.25, 0.3) is 24.3 Å². The second kappa shape index (κ2) is 16.4. The van der Waals surface area contributed by atoms with Crippen molar-refractivity contribution in [1.29, 1.82) is 0 Å². The molecule has 270 valence electrons. The first kappa shape index (κ1) is 36.5. The first-order valence-corrected chi connectivity index (χ1v) is 19.3. The summed E-state index contributed by atoms with van der Waals surface area (Å²) in [4.78, 5) is 4.82. The van der Waals surface area contributed by atoms with Gasteiger partial charge in [-0.25, -0.2) is 0 Å². The van der Waals surface area contributed by atoms with E-state index in [0.717, 1.165) is 12.8 Å². The van der Waals surface area contributed by atoms with Gasteiger partial charge in [0.2, 0.25) is 0 Å². The quantitative estimate of drug-likeness (QED) is 0.134. The molecule has 0 saturated carbocycles. The van der Waals surface area contributed by atoms with Crippen LogP contribution in [0.3, 0.4) is 0 Å². The zero-order valence-electron chi connectivity index (χ0n) is 32.6. The SMILES string of the molecule is CC1=CC=C(N(c2ccc(C)cc2)c2ccc(/C=C/c3ccc(/C=C/c4ccc(N(C5=CC=C(C)CC5C)c5ccc(C)cc5)cc4)cc3)cc2)C(C)C1. The highest BCUT2D eigenvalue weighted by Crippen LogP contribution is 2.39. The molecule has 5 aromatic rings. The molecule has 2 unspecified atom stereocenters. The molecule has 2 nitrogen and oxygen atoms in total. The van der Waals surface area contributed by atoms with E-state index >= 15 is 0 Å². The van der Waals surface area contributed by atoms with E-state index in [-0.39, 0.29) is 0 Å². The van der Waals surface area contributed by atoms with Crippen LogP contribution in [0.15, 0.2) is 168 Å². The molecule has 7 rings (SSSR count). The molecule has 0 radical (unpaired) electrons. The zero-order chi connectivity index (χ0) is 37.6. The van der Waals surface area contributed by atoms with Gasteiger partial charge in [-0.1, -0.05) is 145 Å². The molecule has 2 atom stereocenters. The van der Waals surface area contributed by atoms with E-state index in [4.69, 9.17) is 0 Å². The number of anilines is 4. The standard InChI is InChI=1S/C52H52N2/c1-37-7-25-47(26-8-37)53(51-33-11-39(3)35-41(51)5)49-29-21-45(22-30-49)19-17-43-13-15-44(16-14-43)18-20-46-23-31-50(32-24-46)54(48-27-9-38(2)10-28-48)52-34-12-40(4)36-42(52)6/h7-34,41-42H,35-36H2,1-6H3/b19-17+,20-18+. The van der Waals surface area contributed by atoms with E-state index in [1.165, 1.54) is 78.7 Å². The number of hydrogen-bond donors (Lipinski definition) is 0. The summed E-state index contributed by atoms with van der Waals surface area (Å²) in [7, 11) is 0. The molecule has 0 saturated heterocycles. The lowest BCUT2D eigenvalue weighted by Gasteiger charge is -2.33. The zero-order valence-corrected chi connectivity index (χ0v) is 32.6. The molecule has 0 aliphatic heterocycles. The topological polar surface area (TPSA) is 6.48 Å². The molecule has 2 heteroatoms. The number of allylic oxidation sites excluding steroid dienone is 8. The van der Waals surface area contributed by atoms with Gasteiger partial charge in [0.1, 0.15) is 0 Å². The Hall–Kier alpha value is -5.86. The number of aryl methyl sites for hydroxylation is 2. The Kier molecular flexibility index (Phi) is 11.1. The molecular weight excluding hydrogens is 653 g/mol. The van der Waals surface area contributed by atoms with Crippen molar-refractivity contribution >= 4 is 47.1 Å². The Morgan fingerprint density at radius 2 is 0.630 bits per heavy atom. The predicted octanol–water partition coefficient (Wildman–Crippen LogP) is 14.7. The van der Waals surface area contributed by atoms with Gasteiger partial charge in [0.25, 0.3) is 0 Å². The van der Waals surface area contributed by atoms with Crippen molar-refractivity contribution in [2.45, 2.75) is 54.4 Å². The third kappa shape index (κ3) is 8.67. The summed E-state index contributed by atoms with van der Waals surface area (Å²) in [5, 5.41) is 0. The van der Waals surface area contributed by atoms with Crippen LogP contribution >= 0.6 is 0 Å². The predicted molar refractivity (Wildman–Crippen MR) is 235 cm³/mol. The van der Waals surface area contributed by atoms with Crippen molar-refractivity contribution in [2.24, 2.45) is 11.8 Å². The Labute approximate surface area is 323 Å². The van der Waals surface area contributed by atoms with Gasteiger partial charge < -0.3 is 9.80 Å². The fraction of sp³-hybridized carbons (Fsp3) is 0.192. The molecule has 0 aromatic heterocycles. The fourth-order valence-electron chi connectivity index (χ4n) is 7.54. The Bertz CT molecular complexity index is 2080. The lowest BCUT2D eigenvalue weighted by Crippen LogP contribution is -2.23. The lowest BCUT2D eigenvalue weighted by molar-refractivity contribution is 0.647. The summed E-state index contributed by atoms with van der Waals surface area (Å²) in [5.74, 6) is 0.898. The number of benzene rings is 5. The molecule has 5 aromatic carbocycles. The van der Waals surface area contributed by atoms with Crippen LogP contribution in [0.5, 0.6) is 0 Å². The average Bonchev–Trinajstić information content (AvgIpc) is 3.18. The van der Waals surface area contributed by atoms with Gasteiger partial charge in [0.15, 0.2) is 0 Å². The van der Waals surface area contributed by atoms with Crippen molar-refractivity contribution in [3.8, 4) is 0 Å². The van der Waals surface area contributed by atoms with Crippen molar-refractivity contribution in [2.75, 3.05) is 9.80 Å². The molecule has 2 aliphatic carbocycles. The van der Waals surface area contributed by atoms with Crippen molar-refractivity contribution in [3.05, 3.63) is 202 Å². The highest BCUT2D eigenvalue weighted by molar-refractivity contribution is 5.76. The normalized spacial score (nSPS) is 17.2. The smallest absolute Gasteiger partial charge is 0.0458 e. The van der Waals surface area contributed by atoms with E-state index in [2.05, 4.69) is 221 Å². The van der Waals surface area contributed by atoms with E-state index in [0.29, 0.717) is 11.8 Å². The van der Waals surface area contributed by atoms with E-state index in [1.807, 2.05) is 0 Å². The van der Waals surface area contributed by atoms with Crippen LogP contribution < -0.4 is 9.80 Å².